The molecule has 3 N–H and O–H groups in total. The van der Waals surface area contributed by atoms with Crippen LogP contribution in [0.25, 0.3) is 0 Å². The van der Waals surface area contributed by atoms with Crippen molar-refractivity contribution in [3.05, 3.63) is 28.8 Å². The molecule has 4 nitrogen and oxygen atoms in total. The van der Waals surface area contributed by atoms with Gasteiger partial charge in [0, 0.05) is 24.4 Å². The molecule has 0 spiro atoms. The van der Waals surface area contributed by atoms with E-state index in [1.54, 1.807) is 0 Å². The Balaban J connectivity index is 2.37. The molecular formula is C16H24N2O2. The first-order chi connectivity index (χ1) is 9.56. The molecule has 0 saturated carbocycles. The van der Waals surface area contributed by atoms with Gasteiger partial charge >= 0.3 is 0 Å². The van der Waals surface area contributed by atoms with Crippen LogP contribution in [0.4, 0.5) is 0 Å². The van der Waals surface area contributed by atoms with Gasteiger partial charge in [0.25, 0.3) is 0 Å². The Hall–Kier alpha value is -1.55. The molecule has 2 unspecified atom stereocenters. The van der Waals surface area contributed by atoms with Gasteiger partial charge in [-0.3, -0.25) is 4.79 Å². The lowest BCUT2D eigenvalue weighted by molar-refractivity contribution is -0.121. The van der Waals surface area contributed by atoms with Crippen LogP contribution in [0.5, 0.6) is 5.75 Å². The summed E-state index contributed by atoms with van der Waals surface area (Å²) in [6.07, 6.45) is 2.20. The molecule has 1 amide bonds. The molecule has 0 saturated heterocycles. The molecule has 2 atom stereocenters. The van der Waals surface area contributed by atoms with Crippen LogP contribution in [0.15, 0.2) is 12.1 Å². The summed E-state index contributed by atoms with van der Waals surface area (Å²) in [6, 6.07) is 4.25. The summed E-state index contributed by atoms with van der Waals surface area (Å²) in [5, 5.41) is 3.08. The van der Waals surface area contributed by atoms with Gasteiger partial charge in [-0.25, -0.2) is 0 Å². The summed E-state index contributed by atoms with van der Waals surface area (Å²) in [5.41, 5.74) is 9.42. The van der Waals surface area contributed by atoms with Crippen LogP contribution < -0.4 is 15.8 Å². The minimum atomic E-state index is 0.0310. The van der Waals surface area contributed by atoms with E-state index in [-0.39, 0.29) is 18.0 Å². The van der Waals surface area contributed by atoms with Gasteiger partial charge in [0.1, 0.15) is 5.75 Å². The normalized spacial score (nSPS) is 18.9. The summed E-state index contributed by atoms with van der Waals surface area (Å²) in [5.74, 6) is 0.982. The van der Waals surface area contributed by atoms with E-state index >= 15 is 0 Å². The fourth-order valence-electron chi connectivity index (χ4n) is 2.62. The van der Waals surface area contributed by atoms with Crippen LogP contribution >= 0.6 is 0 Å². The number of nitrogens with two attached hydrogens (primary N) is 1. The van der Waals surface area contributed by atoms with E-state index in [0.717, 1.165) is 35.3 Å². The molecule has 4 heteroatoms. The molecule has 0 fully saturated rings. The number of carbonyl (C=O) groups is 1. The predicted molar refractivity (Wildman–Crippen MR) is 79.7 cm³/mol. The number of aryl methyl sites for hydroxylation is 1. The van der Waals surface area contributed by atoms with E-state index in [4.69, 9.17) is 10.5 Å². The first-order valence-corrected chi connectivity index (χ1v) is 7.39. The molecule has 1 aromatic rings. The largest absolute Gasteiger partial charge is 0.493 e. The summed E-state index contributed by atoms with van der Waals surface area (Å²) in [4.78, 5) is 11.7. The molecule has 0 radical (unpaired) electrons. The van der Waals surface area contributed by atoms with Crippen molar-refractivity contribution in [3.63, 3.8) is 0 Å². The zero-order chi connectivity index (χ0) is 14.7. The molecule has 1 aliphatic rings. The highest BCUT2D eigenvalue weighted by atomic mass is 16.5. The number of carbonyl (C=O) groups excluding carboxylic acids is 1. The second kappa shape index (κ2) is 6.27. The number of hydrogen-bond acceptors (Lipinski definition) is 3. The number of hydrogen-bond donors (Lipinski definition) is 2. The Morgan fingerprint density at radius 1 is 1.50 bits per heavy atom. The molecule has 1 aliphatic heterocycles. The maximum absolute atomic E-state index is 11.7. The van der Waals surface area contributed by atoms with E-state index < -0.39 is 0 Å². The molecule has 0 aliphatic carbocycles. The molecule has 1 aromatic carbocycles. The van der Waals surface area contributed by atoms with E-state index in [9.17, 15) is 4.79 Å². The number of nitrogens with one attached hydrogen (secondary N) is 1. The van der Waals surface area contributed by atoms with Crippen LogP contribution in [0.3, 0.4) is 0 Å². The summed E-state index contributed by atoms with van der Waals surface area (Å²) < 4.78 is 5.78. The van der Waals surface area contributed by atoms with E-state index in [0.29, 0.717) is 13.0 Å². The first kappa shape index (κ1) is 14.9. The first-order valence-electron chi connectivity index (χ1n) is 7.39. The van der Waals surface area contributed by atoms with Crippen molar-refractivity contribution in [2.24, 2.45) is 5.73 Å². The number of benzene rings is 1. The highest BCUT2D eigenvalue weighted by Crippen LogP contribution is 2.37. The van der Waals surface area contributed by atoms with Gasteiger partial charge in [-0.2, -0.15) is 0 Å². The van der Waals surface area contributed by atoms with E-state index in [1.165, 1.54) is 0 Å². The van der Waals surface area contributed by atoms with Gasteiger partial charge in [0.05, 0.1) is 12.6 Å². The molecule has 0 aromatic heterocycles. The zero-order valence-corrected chi connectivity index (χ0v) is 12.5. The zero-order valence-electron chi connectivity index (χ0n) is 12.5. The smallest absolute Gasteiger partial charge is 0.220 e. The Labute approximate surface area is 120 Å². The van der Waals surface area contributed by atoms with Crippen LogP contribution in [0.2, 0.25) is 0 Å². The molecule has 2 rings (SSSR count). The van der Waals surface area contributed by atoms with Gasteiger partial charge < -0.3 is 15.8 Å². The molecule has 20 heavy (non-hydrogen) atoms. The van der Waals surface area contributed by atoms with Crippen molar-refractivity contribution < 1.29 is 9.53 Å². The third-order valence-electron chi connectivity index (χ3n) is 3.88. The molecular weight excluding hydrogens is 252 g/mol. The second-order valence-electron chi connectivity index (χ2n) is 5.38. The Kier molecular flexibility index (Phi) is 4.65. The summed E-state index contributed by atoms with van der Waals surface area (Å²) in [7, 11) is 0. The van der Waals surface area contributed by atoms with Gasteiger partial charge in [-0.05, 0) is 30.5 Å². The average molecular weight is 276 g/mol. The second-order valence-corrected chi connectivity index (χ2v) is 5.38. The monoisotopic (exact) mass is 276 g/mol. The maximum Gasteiger partial charge on any atom is 0.220 e. The van der Waals surface area contributed by atoms with Gasteiger partial charge in [0.15, 0.2) is 0 Å². The number of fused-ring (bicyclic) bond motifs is 1. The molecule has 110 valence electrons. The summed E-state index contributed by atoms with van der Waals surface area (Å²) in [6.45, 7) is 6.62. The SMILES string of the molecule is CCC(=O)NC1CCOc2c(C)cc(C(N)CC)cc21. The highest BCUT2D eigenvalue weighted by molar-refractivity contribution is 5.76. The lowest BCUT2D eigenvalue weighted by Gasteiger charge is -2.29. The average Bonchev–Trinajstić information content (AvgIpc) is 2.46. The highest BCUT2D eigenvalue weighted by Gasteiger charge is 2.25. The third-order valence-corrected chi connectivity index (χ3v) is 3.88. The van der Waals surface area contributed by atoms with E-state index in [2.05, 4.69) is 24.4 Å². The van der Waals surface area contributed by atoms with Gasteiger partial charge in [-0.1, -0.05) is 19.9 Å². The quantitative estimate of drug-likeness (QED) is 0.888. The minimum absolute atomic E-state index is 0.0310. The van der Waals surface area contributed by atoms with Crippen LogP contribution in [0.1, 0.15) is 61.9 Å². The standard InChI is InChI=1S/C16H24N2O2/c1-4-13(17)11-8-10(3)16-12(9-11)14(6-7-20-16)18-15(19)5-2/h8-9,13-14H,4-7,17H2,1-3H3,(H,18,19). The number of rotatable bonds is 4. The Morgan fingerprint density at radius 2 is 2.25 bits per heavy atom. The third kappa shape index (κ3) is 2.96. The summed E-state index contributed by atoms with van der Waals surface area (Å²) >= 11 is 0. The van der Waals surface area contributed by atoms with Crippen LogP contribution in [0, 0.1) is 6.92 Å². The van der Waals surface area contributed by atoms with Crippen LogP contribution in [-0.2, 0) is 4.79 Å². The topological polar surface area (TPSA) is 64.3 Å². The molecule has 0 bridgehead atoms. The molecule has 1 heterocycles. The van der Waals surface area contributed by atoms with Gasteiger partial charge in [-0.15, -0.1) is 0 Å². The van der Waals surface area contributed by atoms with Crippen molar-refractivity contribution in [1.29, 1.82) is 0 Å². The van der Waals surface area contributed by atoms with Crippen molar-refractivity contribution in [1.82, 2.24) is 5.32 Å². The van der Waals surface area contributed by atoms with Gasteiger partial charge in [0.2, 0.25) is 5.91 Å². The lowest BCUT2D eigenvalue weighted by atomic mass is 9.92. The number of ether oxygens (including phenoxy) is 1. The fourth-order valence-corrected chi connectivity index (χ4v) is 2.62. The van der Waals surface area contributed by atoms with Crippen molar-refractivity contribution in [2.45, 2.75) is 52.1 Å². The Morgan fingerprint density at radius 3 is 2.90 bits per heavy atom. The van der Waals surface area contributed by atoms with E-state index in [1.807, 2.05) is 13.8 Å². The predicted octanol–water partition coefficient (Wildman–Crippen LogP) is 2.75. The number of amides is 1. The van der Waals surface area contributed by atoms with Crippen molar-refractivity contribution in [3.8, 4) is 5.75 Å². The lowest BCUT2D eigenvalue weighted by Crippen LogP contribution is -2.32. The Bertz CT molecular complexity index is 499. The fraction of sp³-hybridized carbons (Fsp3) is 0.562. The maximum atomic E-state index is 11.7. The van der Waals surface area contributed by atoms with Crippen molar-refractivity contribution >= 4 is 5.91 Å². The minimum Gasteiger partial charge on any atom is -0.493 e. The van der Waals surface area contributed by atoms with Crippen LogP contribution in [-0.4, -0.2) is 12.5 Å². The van der Waals surface area contributed by atoms with Crippen molar-refractivity contribution in [2.75, 3.05) is 6.61 Å².